The van der Waals surface area contributed by atoms with E-state index in [2.05, 4.69) is 5.32 Å². The number of phenols is 1. The summed E-state index contributed by atoms with van der Waals surface area (Å²) in [5.74, 6) is 0.772. The lowest BCUT2D eigenvalue weighted by Crippen LogP contribution is -2.34. The molecule has 0 spiro atoms. The van der Waals surface area contributed by atoms with Gasteiger partial charge in [-0.15, -0.1) is 0 Å². The molecule has 20 heavy (non-hydrogen) atoms. The van der Waals surface area contributed by atoms with Crippen LogP contribution < -0.4 is 10.1 Å². The lowest BCUT2D eigenvalue weighted by Gasteiger charge is -2.17. The van der Waals surface area contributed by atoms with E-state index in [-0.39, 0.29) is 24.9 Å². The Kier molecular flexibility index (Phi) is 5.24. The Hall–Kier alpha value is -1.75. The summed E-state index contributed by atoms with van der Waals surface area (Å²) in [5, 5.41) is 21.5. The molecule has 0 saturated heterocycles. The van der Waals surface area contributed by atoms with Crippen molar-refractivity contribution in [2.24, 2.45) is 11.8 Å². The van der Waals surface area contributed by atoms with Crippen molar-refractivity contribution < 1.29 is 19.7 Å². The second kappa shape index (κ2) is 7.14. The van der Waals surface area contributed by atoms with Crippen LogP contribution in [0.4, 0.5) is 0 Å². The number of hydrogen-bond acceptors (Lipinski definition) is 4. The standard InChI is InChI=1S/C15H21NO4/c17-9-12-5-3-4-11(12)8-16-15(19)10-20-14-7-2-1-6-13(14)18/h1-2,6-7,11-12,17-18H,3-5,8-10H2,(H,16,19). The molecule has 1 aliphatic rings. The molecule has 5 nitrogen and oxygen atoms in total. The SMILES string of the molecule is O=C(COc1ccccc1O)NCC1CCCC1CO. The minimum absolute atomic E-state index is 0.0245. The predicted octanol–water partition coefficient (Wildman–Crippen LogP) is 1.30. The predicted molar refractivity (Wildman–Crippen MR) is 74.5 cm³/mol. The molecule has 0 aromatic heterocycles. The molecule has 1 aliphatic carbocycles. The first-order chi connectivity index (χ1) is 9.70. The first kappa shape index (κ1) is 14.7. The van der Waals surface area contributed by atoms with E-state index in [1.807, 2.05) is 0 Å². The van der Waals surface area contributed by atoms with Gasteiger partial charge in [0, 0.05) is 13.2 Å². The zero-order valence-electron chi connectivity index (χ0n) is 11.4. The summed E-state index contributed by atoms with van der Waals surface area (Å²) in [5.41, 5.74) is 0. The summed E-state index contributed by atoms with van der Waals surface area (Å²) in [6.45, 7) is 0.650. The summed E-state index contributed by atoms with van der Waals surface area (Å²) in [7, 11) is 0. The normalized spacial score (nSPS) is 21.6. The van der Waals surface area contributed by atoms with Crippen LogP contribution in [0.15, 0.2) is 24.3 Å². The first-order valence-corrected chi connectivity index (χ1v) is 6.99. The van der Waals surface area contributed by atoms with Gasteiger partial charge in [0.25, 0.3) is 5.91 Å². The Bertz CT molecular complexity index is 449. The van der Waals surface area contributed by atoms with Crippen LogP contribution >= 0.6 is 0 Å². The summed E-state index contributed by atoms with van der Waals surface area (Å²) in [6.07, 6.45) is 3.19. The van der Waals surface area contributed by atoms with Gasteiger partial charge in [0.2, 0.25) is 0 Å². The number of phenolic OH excluding ortho intramolecular Hbond substituents is 1. The maximum atomic E-state index is 11.7. The van der Waals surface area contributed by atoms with Gasteiger partial charge < -0.3 is 20.3 Å². The third kappa shape index (κ3) is 3.87. The van der Waals surface area contributed by atoms with Crippen molar-refractivity contribution in [3.05, 3.63) is 24.3 Å². The number of carbonyl (C=O) groups is 1. The van der Waals surface area contributed by atoms with Crippen LogP contribution in [0.1, 0.15) is 19.3 Å². The monoisotopic (exact) mass is 279 g/mol. The van der Waals surface area contributed by atoms with Gasteiger partial charge in [-0.05, 0) is 36.8 Å². The molecule has 2 atom stereocenters. The number of aliphatic hydroxyl groups is 1. The summed E-state index contributed by atoms with van der Waals surface area (Å²) in [4.78, 5) is 11.7. The molecule has 1 fully saturated rings. The Morgan fingerprint density at radius 1 is 1.30 bits per heavy atom. The number of para-hydroxylation sites is 2. The number of rotatable bonds is 6. The van der Waals surface area contributed by atoms with Crippen LogP contribution in [0.3, 0.4) is 0 Å². The molecule has 110 valence electrons. The van der Waals surface area contributed by atoms with Gasteiger partial charge in [-0.1, -0.05) is 18.6 Å². The molecular weight excluding hydrogens is 258 g/mol. The van der Waals surface area contributed by atoms with Crippen LogP contribution in [0.5, 0.6) is 11.5 Å². The summed E-state index contributed by atoms with van der Waals surface area (Å²) >= 11 is 0. The Morgan fingerprint density at radius 2 is 2.05 bits per heavy atom. The first-order valence-electron chi connectivity index (χ1n) is 6.99. The Labute approximate surface area is 118 Å². The number of nitrogens with one attached hydrogen (secondary N) is 1. The highest BCUT2D eigenvalue weighted by molar-refractivity contribution is 5.77. The van der Waals surface area contributed by atoms with Crippen LogP contribution in [-0.4, -0.2) is 35.9 Å². The summed E-state index contributed by atoms with van der Waals surface area (Å²) < 4.78 is 5.26. The molecule has 1 aromatic rings. The van der Waals surface area contributed by atoms with E-state index in [9.17, 15) is 15.0 Å². The van der Waals surface area contributed by atoms with E-state index >= 15 is 0 Å². The lowest BCUT2D eigenvalue weighted by atomic mass is 9.97. The molecule has 0 heterocycles. The topological polar surface area (TPSA) is 78.8 Å². The van der Waals surface area contributed by atoms with Crippen molar-refractivity contribution in [3.8, 4) is 11.5 Å². The molecule has 1 saturated carbocycles. The average molecular weight is 279 g/mol. The minimum Gasteiger partial charge on any atom is -0.504 e. The molecule has 2 rings (SSSR count). The van der Waals surface area contributed by atoms with Crippen LogP contribution in [-0.2, 0) is 4.79 Å². The highest BCUT2D eigenvalue weighted by atomic mass is 16.5. The van der Waals surface area contributed by atoms with Gasteiger partial charge in [-0.25, -0.2) is 0 Å². The van der Waals surface area contributed by atoms with Gasteiger partial charge in [0.05, 0.1) is 0 Å². The molecule has 1 amide bonds. The maximum Gasteiger partial charge on any atom is 0.257 e. The van der Waals surface area contributed by atoms with Crippen molar-refractivity contribution in [2.45, 2.75) is 19.3 Å². The fourth-order valence-corrected chi connectivity index (χ4v) is 2.64. The molecule has 3 N–H and O–H groups in total. The zero-order valence-corrected chi connectivity index (χ0v) is 11.4. The number of benzene rings is 1. The molecule has 0 aliphatic heterocycles. The smallest absolute Gasteiger partial charge is 0.257 e. The second-order valence-corrected chi connectivity index (χ2v) is 5.19. The highest BCUT2D eigenvalue weighted by Crippen LogP contribution is 2.30. The van der Waals surface area contributed by atoms with E-state index in [4.69, 9.17) is 4.74 Å². The number of aromatic hydroxyl groups is 1. The van der Waals surface area contributed by atoms with Gasteiger partial charge >= 0.3 is 0 Å². The van der Waals surface area contributed by atoms with Crippen molar-refractivity contribution >= 4 is 5.91 Å². The number of ether oxygens (including phenoxy) is 1. The van der Waals surface area contributed by atoms with Gasteiger partial charge in [0.15, 0.2) is 18.1 Å². The van der Waals surface area contributed by atoms with E-state index in [1.165, 1.54) is 6.07 Å². The van der Waals surface area contributed by atoms with Gasteiger partial charge in [0.1, 0.15) is 0 Å². The highest BCUT2D eigenvalue weighted by Gasteiger charge is 2.26. The largest absolute Gasteiger partial charge is 0.504 e. The second-order valence-electron chi connectivity index (χ2n) is 5.19. The molecule has 2 unspecified atom stereocenters. The number of amides is 1. The molecule has 0 radical (unpaired) electrons. The van der Waals surface area contributed by atoms with Gasteiger partial charge in [-0.2, -0.15) is 0 Å². The van der Waals surface area contributed by atoms with Crippen LogP contribution in [0, 0.1) is 11.8 Å². The van der Waals surface area contributed by atoms with Crippen molar-refractivity contribution in [1.29, 1.82) is 0 Å². The third-order valence-corrected chi connectivity index (χ3v) is 3.84. The fraction of sp³-hybridized carbons (Fsp3) is 0.533. The fourth-order valence-electron chi connectivity index (χ4n) is 2.64. The van der Waals surface area contributed by atoms with Crippen LogP contribution in [0.2, 0.25) is 0 Å². The minimum atomic E-state index is -0.211. The molecule has 5 heteroatoms. The van der Waals surface area contributed by atoms with E-state index in [0.717, 1.165) is 19.3 Å². The van der Waals surface area contributed by atoms with Gasteiger partial charge in [-0.3, -0.25) is 4.79 Å². The molecule has 0 bridgehead atoms. The molecule has 1 aromatic carbocycles. The van der Waals surface area contributed by atoms with E-state index in [0.29, 0.717) is 24.1 Å². The Balaban J connectivity index is 1.72. The van der Waals surface area contributed by atoms with Crippen LogP contribution in [0.25, 0.3) is 0 Å². The number of hydrogen-bond donors (Lipinski definition) is 3. The zero-order chi connectivity index (χ0) is 14.4. The average Bonchev–Trinajstić information content (AvgIpc) is 2.91. The maximum absolute atomic E-state index is 11.7. The number of carbonyl (C=O) groups excluding carboxylic acids is 1. The number of aliphatic hydroxyl groups excluding tert-OH is 1. The Morgan fingerprint density at radius 3 is 2.80 bits per heavy atom. The summed E-state index contributed by atoms with van der Waals surface area (Å²) in [6, 6.07) is 6.55. The lowest BCUT2D eigenvalue weighted by molar-refractivity contribution is -0.123. The third-order valence-electron chi connectivity index (χ3n) is 3.84. The van der Waals surface area contributed by atoms with E-state index < -0.39 is 0 Å². The van der Waals surface area contributed by atoms with Crippen molar-refractivity contribution in [3.63, 3.8) is 0 Å². The van der Waals surface area contributed by atoms with Crippen molar-refractivity contribution in [1.82, 2.24) is 5.32 Å². The van der Waals surface area contributed by atoms with E-state index in [1.54, 1.807) is 18.2 Å². The van der Waals surface area contributed by atoms with Crippen molar-refractivity contribution in [2.75, 3.05) is 19.8 Å². The molecular formula is C15H21NO4. The quantitative estimate of drug-likeness (QED) is 0.733.